The predicted octanol–water partition coefficient (Wildman–Crippen LogP) is 1.53. The van der Waals surface area contributed by atoms with E-state index in [1.807, 2.05) is 24.3 Å². The summed E-state index contributed by atoms with van der Waals surface area (Å²) in [5, 5.41) is 9.17. The van der Waals surface area contributed by atoms with E-state index in [9.17, 15) is 0 Å². The van der Waals surface area contributed by atoms with Gasteiger partial charge in [0, 0.05) is 17.0 Å². The molecule has 4 nitrogen and oxygen atoms in total. The molecule has 0 amide bonds. The van der Waals surface area contributed by atoms with E-state index in [2.05, 4.69) is 4.98 Å². The van der Waals surface area contributed by atoms with Crippen LogP contribution in [0.5, 0.6) is 5.75 Å². The lowest BCUT2D eigenvalue weighted by atomic mass is 10.1. The van der Waals surface area contributed by atoms with Crippen molar-refractivity contribution in [3.05, 3.63) is 36.2 Å². The maximum Gasteiger partial charge on any atom is 0.142 e. The number of nitrogens with one attached hydrogen (secondary N) is 1. The zero-order valence-electron chi connectivity index (χ0n) is 8.32. The summed E-state index contributed by atoms with van der Waals surface area (Å²) in [6.45, 7) is 0. The van der Waals surface area contributed by atoms with Gasteiger partial charge in [-0.2, -0.15) is 0 Å². The number of methoxy groups -OCH3 is 1. The van der Waals surface area contributed by atoms with E-state index >= 15 is 0 Å². The Labute approximate surface area is 87.2 Å². The number of pyridine rings is 1. The van der Waals surface area contributed by atoms with Crippen molar-refractivity contribution in [2.45, 2.75) is 0 Å². The summed E-state index contributed by atoms with van der Waals surface area (Å²) in [7, 11) is 1.61. The highest BCUT2D eigenvalue weighted by Crippen LogP contribution is 2.26. The van der Waals surface area contributed by atoms with Gasteiger partial charge in [-0.05, 0) is 12.1 Å². The van der Waals surface area contributed by atoms with Gasteiger partial charge in [0.05, 0.1) is 7.11 Å². The zero-order valence-corrected chi connectivity index (χ0v) is 8.32. The normalized spacial score (nSPS) is 10.2. The van der Waals surface area contributed by atoms with E-state index < -0.39 is 0 Å². The highest BCUT2D eigenvalue weighted by molar-refractivity contribution is 6.07. The minimum atomic E-state index is -0.0335. The maximum absolute atomic E-state index is 7.42. The maximum atomic E-state index is 7.42. The van der Waals surface area contributed by atoms with Crippen LogP contribution in [-0.2, 0) is 0 Å². The molecule has 15 heavy (non-hydrogen) atoms. The third-order valence-corrected chi connectivity index (χ3v) is 2.24. The fraction of sp³-hybridized carbons (Fsp3) is 0.0909. The Morgan fingerprint density at radius 1 is 1.33 bits per heavy atom. The summed E-state index contributed by atoms with van der Waals surface area (Å²) in [6.07, 6.45) is 1.63. The van der Waals surface area contributed by atoms with Crippen LogP contribution in [-0.4, -0.2) is 17.9 Å². The molecule has 4 heteroatoms. The van der Waals surface area contributed by atoms with Crippen LogP contribution in [0.1, 0.15) is 5.69 Å². The van der Waals surface area contributed by atoms with Gasteiger partial charge in [0.1, 0.15) is 17.3 Å². The number of ether oxygens (including phenoxy) is 1. The molecule has 0 radical (unpaired) electrons. The molecule has 1 aromatic carbocycles. The molecule has 3 N–H and O–H groups in total. The minimum Gasteiger partial charge on any atom is -0.496 e. The lowest BCUT2D eigenvalue weighted by molar-refractivity contribution is 0.420. The molecule has 0 atom stereocenters. The molecule has 0 bridgehead atoms. The van der Waals surface area contributed by atoms with Crippen LogP contribution in [0.2, 0.25) is 0 Å². The second-order valence-corrected chi connectivity index (χ2v) is 3.13. The zero-order chi connectivity index (χ0) is 10.8. The van der Waals surface area contributed by atoms with Crippen LogP contribution in [0.4, 0.5) is 0 Å². The first-order valence-electron chi connectivity index (χ1n) is 4.50. The Morgan fingerprint density at radius 3 is 2.80 bits per heavy atom. The molecule has 1 aromatic heterocycles. The number of hydrogen-bond donors (Lipinski definition) is 2. The van der Waals surface area contributed by atoms with Gasteiger partial charge in [-0.25, -0.2) is 0 Å². The summed E-state index contributed by atoms with van der Waals surface area (Å²) in [6, 6.07) is 7.45. The average molecular weight is 201 g/mol. The predicted molar refractivity (Wildman–Crippen MR) is 59.3 cm³/mol. The van der Waals surface area contributed by atoms with Crippen LogP contribution in [0.15, 0.2) is 30.5 Å². The van der Waals surface area contributed by atoms with Gasteiger partial charge in [-0.1, -0.05) is 12.1 Å². The van der Waals surface area contributed by atoms with Crippen LogP contribution in [0, 0.1) is 5.41 Å². The van der Waals surface area contributed by atoms with Gasteiger partial charge in [-0.3, -0.25) is 10.4 Å². The van der Waals surface area contributed by atoms with E-state index in [1.165, 1.54) is 0 Å². The number of rotatable bonds is 2. The first-order chi connectivity index (χ1) is 7.24. The number of fused-ring (bicyclic) bond motifs is 1. The number of nitrogens with two attached hydrogens (primary N) is 1. The monoisotopic (exact) mass is 201 g/mol. The average Bonchev–Trinajstić information content (AvgIpc) is 2.27. The molecule has 0 aliphatic rings. The van der Waals surface area contributed by atoms with Gasteiger partial charge in [0.15, 0.2) is 0 Å². The van der Waals surface area contributed by atoms with Crippen LogP contribution < -0.4 is 10.5 Å². The largest absolute Gasteiger partial charge is 0.496 e. The van der Waals surface area contributed by atoms with Crippen LogP contribution in [0.3, 0.4) is 0 Å². The fourth-order valence-electron chi connectivity index (χ4n) is 1.57. The van der Waals surface area contributed by atoms with Crippen molar-refractivity contribution in [3.8, 4) is 5.75 Å². The minimum absolute atomic E-state index is 0.0335. The van der Waals surface area contributed by atoms with Crippen molar-refractivity contribution in [2.75, 3.05) is 7.11 Å². The van der Waals surface area contributed by atoms with Crippen molar-refractivity contribution in [1.82, 2.24) is 4.98 Å². The molecule has 1 heterocycles. The van der Waals surface area contributed by atoms with E-state index in [4.69, 9.17) is 15.9 Å². The van der Waals surface area contributed by atoms with Crippen molar-refractivity contribution in [1.29, 1.82) is 5.41 Å². The van der Waals surface area contributed by atoms with Gasteiger partial charge in [-0.15, -0.1) is 0 Å². The topological polar surface area (TPSA) is 72.0 Å². The van der Waals surface area contributed by atoms with Gasteiger partial charge < -0.3 is 10.5 Å². The van der Waals surface area contributed by atoms with Gasteiger partial charge in [0.2, 0.25) is 0 Å². The summed E-state index contributed by atoms with van der Waals surface area (Å²) in [5.41, 5.74) is 5.94. The molecule has 0 unspecified atom stereocenters. The number of amidine groups is 1. The number of aromatic nitrogens is 1. The lowest BCUT2D eigenvalue weighted by Gasteiger charge is -2.07. The SMILES string of the molecule is COc1cccc2c(C(=N)N)nccc12. The smallest absolute Gasteiger partial charge is 0.142 e. The molecule has 0 aliphatic carbocycles. The molecule has 0 spiro atoms. The third-order valence-electron chi connectivity index (χ3n) is 2.24. The summed E-state index contributed by atoms with van der Waals surface area (Å²) in [4.78, 5) is 4.08. The van der Waals surface area contributed by atoms with Crippen molar-refractivity contribution < 1.29 is 4.74 Å². The van der Waals surface area contributed by atoms with E-state index in [-0.39, 0.29) is 5.84 Å². The Hall–Kier alpha value is -2.10. The Morgan fingerprint density at radius 2 is 2.13 bits per heavy atom. The van der Waals surface area contributed by atoms with Crippen LogP contribution in [0.25, 0.3) is 10.8 Å². The first kappa shape index (κ1) is 9.45. The van der Waals surface area contributed by atoms with E-state index in [0.717, 1.165) is 16.5 Å². The summed E-state index contributed by atoms with van der Waals surface area (Å²) in [5.74, 6) is 0.728. The fourth-order valence-corrected chi connectivity index (χ4v) is 1.57. The second kappa shape index (κ2) is 3.57. The molecule has 0 saturated carbocycles. The molecule has 0 saturated heterocycles. The van der Waals surface area contributed by atoms with Crippen molar-refractivity contribution in [3.63, 3.8) is 0 Å². The number of benzene rings is 1. The van der Waals surface area contributed by atoms with Crippen LogP contribution >= 0.6 is 0 Å². The molecule has 2 rings (SSSR count). The van der Waals surface area contributed by atoms with Gasteiger partial charge >= 0.3 is 0 Å². The lowest BCUT2D eigenvalue weighted by Crippen LogP contribution is -2.13. The number of nitrogens with zero attached hydrogens (tertiary/aromatic N) is 1. The number of hydrogen-bond acceptors (Lipinski definition) is 3. The van der Waals surface area contributed by atoms with Crippen molar-refractivity contribution >= 4 is 16.6 Å². The second-order valence-electron chi connectivity index (χ2n) is 3.13. The Balaban J connectivity index is 2.82. The molecular formula is C11H11N3O. The molecule has 0 fully saturated rings. The summed E-state index contributed by atoms with van der Waals surface area (Å²) < 4.78 is 5.22. The van der Waals surface area contributed by atoms with E-state index in [0.29, 0.717) is 5.69 Å². The highest BCUT2D eigenvalue weighted by atomic mass is 16.5. The summed E-state index contributed by atoms with van der Waals surface area (Å²) >= 11 is 0. The third kappa shape index (κ3) is 1.50. The van der Waals surface area contributed by atoms with E-state index in [1.54, 1.807) is 13.3 Å². The molecule has 2 aromatic rings. The molecule has 0 aliphatic heterocycles. The number of nitrogen functional groups attached to an aromatic ring is 1. The Kier molecular flexibility index (Phi) is 2.25. The molecular weight excluding hydrogens is 190 g/mol. The quantitative estimate of drug-likeness (QED) is 0.571. The standard InChI is InChI=1S/C11H11N3O/c1-15-9-4-2-3-8-7(9)5-6-14-10(8)11(12)13/h2-6H,1H3,(H3,12,13). The Bertz CT molecular complexity index is 522. The molecule has 76 valence electrons. The van der Waals surface area contributed by atoms with Crippen molar-refractivity contribution in [2.24, 2.45) is 5.73 Å². The van der Waals surface area contributed by atoms with Gasteiger partial charge in [0.25, 0.3) is 0 Å². The first-order valence-corrected chi connectivity index (χ1v) is 4.50. The highest BCUT2D eigenvalue weighted by Gasteiger charge is 2.07.